The monoisotopic (exact) mass is 267 g/mol. The van der Waals surface area contributed by atoms with Gasteiger partial charge in [-0.15, -0.1) is 22.7 Å². The highest BCUT2D eigenvalue weighted by Crippen LogP contribution is 2.32. The van der Waals surface area contributed by atoms with E-state index >= 15 is 0 Å². The number of thiazole rings is 2. The minimum Gasteiger partial charge on any atom is -0.322 e. The predicted octanol–water partition coefficient (Wildman–Crippen LogP) is 3.68. The Morgan fingerprint density at radius 2 is 2.12 bits per heavy atom. The van der Waals surface area contributed by atoms with Gasteiger partial charge >= 0.3 is 0 Å². The quantitative estimate of drug-likeness (QED) is 0.919. The van der Waals surface area contributed by atoms with E-state index in [1.165, 1.54) is 4.88 Å². The molecule has 0 spiro atoms. The molecule has 1 atom stereocenters. The molecule has 0 saturated heterocycles. The van der Waals surface area contributed by atoms with Crippen molar-refractivity contribution in [1.82, 2.24) is 9.97 Å². The van der Waals surface area contributed by atoms with Gasteiger partial charge in [-0.05, 0) is 20.3 Å². The van der Waals surface area contributed by atoms with Crippen LogP contribution < -0.4 is 5.73 Å². The molecule has 0 bridgehead atoms. The smallest absolute Gasteiger partial charge is 0.110 e. The lowest BCUT2D eigenvalue weighted by molar-refractivity contribution is 0.635. The molecule has 0 aromatic carbocycles. The molecular formula is C12H17N3S2. The van der Waals surface area contributed by atoms with Crippen molar-refractivity contribution in [3.63, 3.8) is 0 Å². The molecule has 2 heterocycles. The van der Waals surface area contributed by atoms with E-state index in [2.05, 4.69) is 22.3 Å². The highest BCUT2D eigenvalue weighted by atomic mass is 32.1. The molecule has 92 valence electrons. The van der Waals surface area contributed by atoms with E-state index in [0.29, 0.717) is 0 Å². The highest BCUT2D eigenvalue weighted by Gasteiger charge is 2.14. The minimum absolute atomic E-state index is 0.0769. The van der Waals surface area contributed by atoms with E-state index in [9.17, 15) is 0 Å². The zero-order chi connectivity index (χ0) is 12.4. The molecule has 0 amide bonds. The van der Waals surface area contributed by atoms with Crippen LogP contribution in [0.3, 0.4) is 0 Å². The number of aryl methyl sites for hydroxylation is 2. The fourth-order valence-electron chi connectivity index (χ4n) is 1.77. The van der Waals surface area contributed by atoms with Crippen LogP contribution >= 0.6 is 22.7 Å². The minimum atomic E-state index is 0.0769. The van der Waals surface area contributed by atoms with Gasteiger partial charge in [0.15, 0.2) is 0 Å². The highest BCUT2D eigenvalue weighted by molar-refractivity contribution is 7.16. The Bertz CT molecular complexity index is 502. The van der Waals surface area contributed by atoms with Gasteiger partial charge < -0.3 is 5.73 Å². The number of nitrogens with zero attached hydrogens (tertiary/aromatic N) is 2. The molecule has 17 heavy (non-hydrogen) atoms. The summed E-state index contributed by atoms with van der Waals surface area (Å²) in [5.74, 6) is 0. The molecule has 0 aliphatic carbocycles. The Morgan fingerprint density at radius 3 is 2.71 bits per heavy atom. The first-order valence-electron chi connectivity index (χ1n) is 5.77. The van der Waals surface area contributed by atoms with Crippen molar-refractivity contribution < 1.29 is 0 Å². The average Bonchev–Trinajstić information content (AvgIpc) is 2.85. The lowest BCUT2D eigenvalue weighted by atomic mass is 10.2. The van der Waals surface area contributed by atoms with Crippen molar-refractivity contribution in [3.8, 4) is 10.6 Å². The second-order valence-electron chi connectivity index (χ2n) is 4.11. The summed E-state index contributed by atoms with van der Waals surface area (Å²) >= 11 is 3.35. The first kappa shape index (κ1) is 12.7. The standard InChI is InChI=1S/C12H17N3S2/c1-4-5-9(13)12-15-10(6-16-12)11-7(2)14-8(3)17-11/h6,9H,4-5,13H2,1-3H3. The molecule has 2 aromatic heterocycles. The van der Waals surface area contributed by atoms with Crippen LogP contribution in [0.5, 0.6) is 0 Å². The number of hydrogen-bond donors (Lipinski definition) is 1. The Hall–Kier alpha value is -0.780. The summed E-state index contributed by atoms with van der Waals surface area (Å²) in [6.07, 6.45) is 2.09. The van der Waals surface area contributed by atoms with Crippen molar-refractivity contribution in [2.45, 2.75) is 39.7 Å². The maximum Gasteiger partial charge on any atom is 0.110 e. The zero-order valence-electron chi connectivity index (χ0n) is 10.4. The number of nitrogens with two attached hydrogens (primary N) is 1. The molecule has 2 aromatic rings. The summed E-state index contributed by atoms with van der Waals surface area (Å²) in [6.45, 7) is 6.20. The maximum atomic E-state index is 6.08. The lowest BCUT2D eigenvalue weighted by Gasteiger charge is -2.04. The predicted molar refractivity (Wildman–Crippen MR) is 74.5 cm³/mol. The second-order valence-corrected chi connectivity index (χ2v) is 6.21. The van der Waals surface area contributed by atoms with Crippen molar-refractivity contribution in [2.75, 3.05) is 0 Å². The van der Waals surface area contributed by atoms with Gasteiger partial charge in [0.1, 0.15) is 5.01 Å². The van der Waals surface area contributed by atoms with Gasteiger partial charge in [-0.2, -0.15) is 0 Å². The Labute approximate surface area is 110 Å². The number of rotatable bonds is 4. The third-order valence-corrected chi connectivity index (χ3v) is 4.65. The van der Waals surface area contributed by atoms with E-state index < -0.39 is 0 Å². The first-order valence-corrected chi connectivity index (χ1v) is 7.46. The average molecular weight is 267 g/mol. The normalized spacial score (nSPS) is 12.9. The van der Waals surface area contributed by atoms with Crippen LogP contribution in [-0.4, -0.2) is 9.97 Å². The SMILES string of the molecule is CCCC(N)c1nc(-c2sc(C)nc2C)cs1. The molecule has 0 aliphatic rings. The summed E-state index contributed by atoms with van der Waals surface area (Å²) in [5, 5.41) is 4.21. The third-order valence-electron chi connectivity index (χ3n) is 2.57. The van der Waals surface area contributed by atoms with E-state index in [4.69, 9.17) is 5.73 Å². The van der Waals surface area contributed by atoms with Gasteiger partial charge in [0.05, 0.1) is 27.3 Å². The van der Waals surface area contributed by atoms with Crippen molar-refractivity contribution in [2.24, 2.45) is 5.73 Å². The van der Waals surface area contributed by atoms with Gasteiger partial charge in [0, 0.05) is 5.38 Å². The summed E-state index contributed by atoms with van der Waals surface area (Å²) in [6, 6.07) is 0.0769. The lowest BCUT2D eigenvalue weighted by Crippen LogP contribution is -2.09. The molecule has 0 saturated carbocycles. The molecule has 0 fully saturated rings. The molecular weight excluding hydrogens is 250 g/mol. The van der Waals surface area contributed by atoms with Crippen LogP contribution in [0.1, 0.15) is 41.5 Å². The van der Waals surface area contributed by atoms with Gasteiger partial charge in [-0.3, -0.25) is 0 Å². The zero-order valence-corrected chi connectivity index (χ0v) is 12.0. The van der Waals surface area contributed by atoms with E-state index in [-0.39, 0.29) is 6.04 Å². The van der Waals surface area contributed by atoms with Crippen molar-refractivity contribution in [3.05, 3.63) is 21.1 Å². The Morgan fingerprint density at radius 1 is 1.35 bits per heavy atom. The Kier molecular flexibility index (Phi) is 3.91. The van der Waals surface area contributed by atoms with Crippen molar-refractivity contribution >= 4 is 22.7 Å². The van der Waals surface area contributed by atoms with Gasteiger partial charge in [0.2, 0.25) is 0 Å². The third kappa shape index (κ3) is 2.73. The topological polar surface area (TPSA) is 51.8 Å². The molecule has 0 aliphatic heterocycles. The largest absolute Gasteiger partial charge is 0.322 e. The fourth-order valence-corrected chi connectivity index (χ4v) is 3.57. The van der Waals surface area contributed by atoms with Crippen LogP contribution in [0.4, 0.5) is 0 Å². The molecule has 3 nitrogen and oxygen atoms in total. The molecule has 2 rings (SSSR count). The summed E-state index contributed by atoms with van der Waals surface area (Å²) in [4.78, 5) is 10.2. The fraction of sp³-hybridized carbons (Fsp3) is 0.500. The molecule has 2 N–H and O–H groups in total. The maximum absolute atomic E-state index is 6.08. The number of aromatic nitrogens is 2. The van der Waals surface area contributed by atoms with Gasteiger partial charge in [-0.1, -0.05) is 13.3 Å². The van der Waals surface area contributed by atoms with Gasteiger partial charge in [-0.25, -0.2) is 9.97 Å². The van der Waals surface area contributed by atoms with E-state index in [1.54, 1.807) is 22.7 Å². The molecule has 0 radical (unpaired) electrons. The van der Waals surface area contributed by atoms with Crippen LogP contribution in [0.15, 0.2) is 5.38 Å². The summed E-state index contributed by atoms with van der Waals surface area (Å²) in [5.41, 5.74) is 8.17. The summed E-state index contributed by atoms with van der Waals surface area (Å²) < 4.78 is 0. The number of hydrogen-bond acceptors (Lipinski definition) is 5. The van der Waals surface area contributed by atoms with Crippen LogP contribution in [0.2, 0.25) is 0 Å². The van der Waals surface area contributed by atoms with Crippen LogP contribution in [0.25, 0.3) is 10.6 Å². The summed E-state index contributed by atoms with van der Waals surface area (Å²) in [7, 11) is 0. The van der Waals surface area contributed by atoms with Crippen LogP contribution in [-0.2, 0) is 0 Å². The van der Waals surface area contributed by atoms with Crippen LogP contribution in [0, 0.1) is 13.8 Å². The van der Waals surface area contributed by atoms with E-state index in [0.717, 1.165) is 34.2 Å². The molecule has 1 unspecified atom stereocenters. The molecule has 5 heteroatoms. The van der Waals surface area contributed by atoms with Crippen molar-refractivity contribution in [1.29, 1.82) is 0 Å². The Balaban J connectivity index is 2.26. The van der Waals surface area contributed by atoms with E-state index in [1.807, 2.05) is 13.8 Å². The van der Waals surface area contributed by atoms with Gasteiger partial charge in [0.25, 0.3) is 0 Å². The second kappa shape index (κ2) is 5.25. The first-order chi connectivity index (χ1) is 8.11.